The minimum atomic E-state index is -0.385. The van der Waals surface area contributed by atoms with Crippen molar-refractivity contribution < 1.29 is 9.59 Å². The molecule has 3 rings (SSSR count). The van der Waals surface area contributed by atoms with Gasteiger partial charge in [0.05, 0.1) is 24.1 Å². The number of benzene rings is 1. The molecule has 1 aromatic carbocycles. The molecule has 9 heteroatoms. The van der Waals surface area contributed by atoms with Gasteiger partial charge in [-0.15, -0.1) is 0 Å². The number of nitrogens with one attached hydrogen (secondary N) is 1. The number of para-hydroxylation sites is 1. The highest BCUT2D eigenvalue weighted by atomic mass is 35.5. The van der Waals surface area contributed by atoms with E-state index < -0.39 is 0 Å². The van der Waals surface area contributed by atoms with Crippen molar-refractivity contribution >= 4 is 29.1 Å². The van der Waals surface area contributed by atoms with E-state index in [0.717, 1.165) is 0 Å². The second-order valence-electron chi connectivity index (χ2n) is 6.17. The van der Waals surface area contributed by atoms with Crippen LogP contribution < -0.4 is 15.8 Å². The molecule has 8 nitrogen and oxygen atoms in total. The van der Waals surface area contributed by atoms with Crippen LogP contribution in [0.4, 0.5) is 5.69 Å². The largest absolute Gasteiger partial charge is 0.365 e. The Morgan fingerprint density at radius 1 is 1.15 bits per heavy atom. The van der Waals surface area contributed by atoms with Crippen LogP contribution in [-0.2, 0) is 9.59 Å². The molecule has 2 aromatic rings. The van der Waals surface area contributed by atoms with Crippen LogP contribution in [0, 0.1) is 0 Å². The van der Waals surface area contributed by atoms with Crippen molar-refractivity contribution in [2.24, 2.45) is 0 Å². The Hall–Kier alpha value is -2.87. The summed E-state index contributed by atoms with van der Waals surface area (Å²) in [6.07, 6.45) is 1.57. The molecule has 142 valence electrons. The third-order valence-electron chi connectivity index (χ3n) is 4.36. The van der Waals surface area contributed by atoms with Gasteiger partial charge in [0.1, 0.15) is 5.02 Å². The highest BCUT2D eigenvalue weighted by molar-refractivity contribution is 6.33. The van der Waals surface area contributed by atoms with Gasteiger partial charge in [-0.05, 0) is 12.1 Å². The number of carbonyl (C=O) groups excluding carboxylic acids is 2. The van der Waals surface area contributed by atoms with Crippen LogP contribution in [0.1, 0.15) is 6.92 Å². The third-order valence-corrected chi connectivity index (χ3v) is 4.72. The molecule has 0 bridgehead atoms. The Kier molecular flexibility index (Phi) is 5.75. The zero-order chi connectivity index (χ0) is 19.4. The van der Waals surface area contributed by atoms with Crippen LogP contribution >= 0.6 is 11.6 Å². The predicted octanol–water partition coefficient (Wildman–Crippen LogP) is 0.671. The lowest BCUT2D eigenvalue weighted by molar-refractivity contribution is -0.132. The lowest BCUT2D eigenvalue weighted by Crippen LogP contribution is -2.51. The summed E-state index contributed by atoms with van der Waals surface area (Å²) < 4.78 is 1.26. The predicted molar refractivity (Wildman–Crippen MR) is 102 cm³/mol. The highest BCUT2D eigenvalue weighted by Gasteiger charge is 2.24. The highest BCUT2D eigenvalue weighted by Crippen LogP contribution is 2.23. The van der Waals surface area contributed by atoms with Gasteiger partial charge in [0.25, 0.3) is 5.56 Å². The van der Waals surface area contributed by atoms with E-state index in [4.69, 9.17) is 11.6 Å². The summed E-state index contributed by atoms with van der Waals surface area (Å²) in [6, 6.07) is 9.07. The third kappa shape index (κ3) is 4.28. The minimum absolute atomic E-state index is 0.00916. The number of nitrogens with zero attached hydrogens (tertiary/aromatic N) is 4. The quantitative estimate of drug-likeness (QED) is 0.830. The first-order valence-electron chi connectivity index (χ1n) is 8.58. The first-order chi connectivity index (χ1) is 13.0. The summed E-state index contributed by atoms with van der Waals surface area (Å²) in [5.41, 5.74) is 0.816. The maximum absolute atomic E-state index is 12.6. The molecule has 1 N–H and O–H groups in total. The molecule has 0 spiro atoms. The number of hydrogen-bond donors (Lipinski definition) is 1. The van der Waals surface area contributed by atoms with Crippen molar-refractivity contribution in [3.8, 4) is 5.69 Å². The fourth-order valence-electron chi connectivity index (χ4n) is 2.91. The summed E-state index contributed by atoms with van der Waals surface area (Å²) >= 11 is 6.32. The summed E-state index contributed by atoms with van der Waals surface area (Å²) in [6.45, 7) is 3.39. The minimum Gasteiger partial charge on any atom is -0.365 e. The molecule has 0 atom stereocenters. The van der Waals surface area contributed by atoms with E-state index in [-0.39, 0.29) is 28.9 Å². The zero-order valence-electron chi connectivity index (χ0n) is 14.9. The number of hydrogen-bond acceptors (Lipinski definition) is 5. The number of amides is 2. The SMILES string of the molecule is CC(=O)NCC(=O)N1CCN(c2cnn(-c3ccccc3)c(=O)c2Cl)CC1. The molecule has 1 aliphatic heterocycles. The van der Waals surface area contributed by atoms with E-state index in [2.05, 4.69) is 10.4 Å². The Morgan fingerprint density at radius 3 is 2.44 bits per heavy atom. The summed E-state index contributed by atoms with van der Waals surface area (Å²) in [5, 5.41) is 6.85. The number of piperazine rings is 1. The maximum Gasteiger partial charge on any atom is 0.292 e. The molecule has 0 unspecified atom stereocenters. The first-order valence-corrected chi connectivity index (χ1v) is 8.95. The molecule has 1 fully saturated rings. The van der Waals surface area contributed by atoms with Gasteiger partial charge in [-0.1, -0.05) is 29.8 Å². The van der Waals surface area contributed by atoms with Crippen molar-refractivity contribution in [3.63, 3.8) is 0 Å². The van der Waals surface area contributed by atoms with E-state index in [1.165, 1.54) is 11.6 Å². The van der Waals surface area contributed by atoms with Crippen LogP contribution in [0.15, 0.2) is 41.3 Å². The van der Waals surface area contributed by atoms with Gasteiger partial charge in [-0.3, -0.25) is 14.4 Å². The molecule has 27 heavy (non-hydrogen) atoms. The Bertz CT molecular complexity index is 892. The Morgan fingerprint density at radius 2 is 1.81 bits per heavy atom. The van der Waals surface area contributed by atoms with Gasteiger partial charge in [-0.25, -0.2) is 0 Å². The maximum atomic E-state index is 12.6. The second-order valence-corrected chi connectivity index (χ2v) is 6.55. The Balaban J connectivity index is 1.70. The van der Waals surface area contributed by atoms with Crippen molar-refractivity contribution in [1.82, 2.24) is 20.0 Å². The molecule has 0 saturated carbocycles. The van der Waals surface area contributed by atoms with E-state index in [1.807, 2.05) is 23.1 Å². The molecular weight excluding hydrogens is 370 g/mol. The van der Waals surface area contributed by atoms with Gasteiger partial charge in [0.15, 0.2) is 0 Å². The van der Waals surface area contributed by atoms with Crippen molar-refractivity contribution in [2.45, 2.75) is 6.92 Å². The van der Waals surface area contributed by atoms with Crippen LogP contribution in [0.3, 0.4) is 0 Å². The lowest BCUT2D eigenvalue weighted by atomic mass is 10.2. The zero-order valence-corrected chi connectivity index (χ0v) is 15.6. The average Bonchev–Trinajstić information content (AvgIpc) is 2.69. The van der Waals surface area contributed by atoms with Gasteiger partial charge >= 0.3 is 0 Å². The number of carbonyl (C=O) groups is 2. The van der Waals surface area contributed by atoms with Gasteiger partial charge < -0.3 is 15.1 Å². The summed E-state index contributed by atoms with van der Waals surface area (Å²) in [4.78, 5) is 39.2. The average molecular weight is 390 g/mol. The molecule has 2 amide bonds. The normalized spacial score (nSPS) is 14.1. The molecular formula is C18H20ClN5O3. The number of rotatable bonds is 4. The standard InChI is InChI=1S/C18H20ClN5O3/c1-13(25)20-12-16(26)23-9-7-22(8-10-23)15-11-21-24(18(27)17(15)19)14-5-3-2-4-6-14/h2-6,11H,7-10,12H2,1H3,(H,20,25). The van der Waals surface area contributed by atoms with Gasteiger partial charge in [0, 0.05) is 33.1 Å². The van der Waals surface area contributed by atoms with Crippen molar-refractivity contribution in [3.05, 3.63) is 51.9 Å². The van der Waals surface area contributed by atoms with Crippen LogP contribution in [0.5, 0.6) is 0 Å². The van der Waals surface area contributed by atoms with Crippen LogP contribution in [-0.4, -0.2) is 59.2 Å². The molecule has 0 aliphatic carbocycles. The summed E-state index contributed by atoms with van der Waals surface area (Å²) in [7, 11) is 0. The smallest absolute Gasteiger partial charge is 0.292 e. The number of halogens is 1. The summed E-state index contributed by atoms with van der Waals surface area (Å²) in [5.74, 6) is -0.368. The molecule has 1 saturated heterocycles. The molecule has 0 radical (unpaired) electrons. The first kappa shape index (κ1) is 18.9. The fraction of sp³-hybridized carbons (Fsp3) is 0.333. The van der Waals surface area contributed by atoms with Gasteiger partial charge in [0.2, 0.25) is 11.8 Å². The van der Waals surface area contributed by atoms with E-state index in [1.54, 1.807) is 23.2 Å². The number of aromatic nitrogens is 2. The molecule has 1 aromatic heterocycles. The van der Waals surface area contributed by atoms with Crippen LogP contribution in [0.25, 0.3) is 5.69 Å². The Labute approximate surface area is 161 Å². The van der Waals surface area contributed by atoms with Crippen molar-refractivity contribution in [1.29, 1.82) is 0 Å². The second kappa shape index (κ2) is 8.22. The molecule has 2 heterocycles. The van der Waals surface area contributed by atoms with E-state index in [9.17, 15) is 14.4 Å². The lowest BCUT2D eigenvalue weighted by Gasteiger charge is -2.36. The molecule has 1 aliphatic rings. The monoisotopic (exact) mass is 389 g/mol. The topological polar surface area (TPSA) is 87.5 Å². The number of anilines is 1. The van der Waals surface area contributed by atoms with E-state index >= 15 is 0 Å². The van der Waals surface area contributed by atoms with Crippen LogP contribution in [0.2, 0.25) is 5.02 Å². The fourth-order valence-corrected chi connectivity index (χ4v) is 3.15. The van der Waals surface area contributed by atoms with Crippen molar-refractivity contribution in [2.75, 3.05) is 37.6 Å². The van der Waals surface area contributed by atoms with Gasteiger partial charge in [-0.2, -0.15) is 9.78 Å². The van der Waals surface area contributed by atoms with E-state index in [0.29, 0.717) is 37.6 Å².